The quantitative estimate of drug-likeness (QED) is 0.764. The monoisotopic (exact) mass is 289 g/mol. The number of benzene rings is 1. The number of fused-ring (bicyclic) bond motifs is 1. The number of aryl methyl sites for hydroxylation is 1. The van der Waals surface area contributed by atoms with E-state index in [-0.39, 0.29) is 6.04 Å². The Labute approximate surface area is 122 Å². The minimum atomic E-state index is 0.0335. The molecule has 104 valence electrons. The summed E-state index contributed by atoms with van der Waals surface area (Å²) in [5, 5.41) is 5.17. The van der Waals surface area contributed by atoms with Gasteiger partial charge >= 0.3 is 0 Å². The highest BCUT2D eigenvalue weighted by molar-refractivity contribution is 6.36. The van der Waals surface area contributed by atoms with Gasteiger partial charge in [-0.05, 0) is 19.9 Å². The van der Waals surface area contributed by atoms with Crippen LogP contribution in [0, 0.1) is 6.92 Å². The van der Waals surface area contributed by atoms with Crippen LogP contribution in [0.15, 0.2) is 34.9 Å². The first-order chi connectivity index (χ1) is 9.65. The zero-order valence-electron chi connectivity index (χ0n) is 11.4. The number of para-hydroxylation sites is 1. The number of nitrogens with zero attached hydrogens (tertiary/aromatic N) is 1. The van der Waals surface area contributed by atoms with Gasteiger partial charge < -0.3 is 14.7 Å². The Kier molecular flexibility index (Phi) is 3.51. The molecule has 0 saturated carbocycles. The minimum Gasteiger partial charge on any atom is -0.444 e. The molecule has 2 aromatic heterocycles. The van der Waals surface area contributed by atoms with Crippen LogP contribution in [0.1, 0.15) is 30.3 Å². The molecule has 20 heavy (non-hydrogen) atoms. The standard InChI is InChI=1S/C15H16ClN3O/c1-9-7-18-15(20-9)10(2)17-8-13-14(16)11-5-3-4-6-12(11)19-13/h3-7,10,17,19H,8H2,1-2H3. The molecule has 1 atom stereocenters. The first kappa shape index (κ1) is 13.2. The van der Waals surface area contributed by atoms with Crippen molar-refractivity contribution in [3.63, 3.8) is 0 Å². The molecular weight excluding hydrogens is 274 g/mol. The maximum atomic E-state index is 6.38. The number of aromatic nitrogens is 2. The average molecular weight is 290 g/mol. The molecule has 3 rings (SSSR count). The molecule has 0 saturated heterocycles. The second-order valence-electron chi connectivity index (χ2n) is 4.87. The molecule has 0 aliphatic heterocycles. The first-order valence-corrected chi connectivity index (χ1v) is 6.93. The van der Waals surface area contributed by atoms with Crippen molar-refractivity contribution < 1.29 is 4.42 Å². The summed E-state index contributed by atoms with van der Waals surface area (Å²) in [5.41, 5.74) is 2.02. The fourth-order valence-corrected chi connectivity index (χ4v) is 2.48. The number of rotatable bonds is 4. The summed E-state index contributed by atoms with van der Waals surface area (Å²) in [4.78, 5) is 7.55. The largest absolute Gasteiger partial charge is 0.444 e. The summed E-state index contributed by atoms with van der Waals surface area (Å²) in [7, 11) is 0. The molecule has 2 heterocycles. The highest BCUT2D eigenvalue weighted by Crippen LogP contribution is 2.27. The van der Waals surface area contributed by atoms with Crippen LogP contribution in [0.4, 0.5) is 0 Å². The molecule has 0 bridgehead atoms. The predicted molar refractivity (Wildman–Crippen MR) is 79.8 cm³/mol. The Balaban J connectivity index is 1.75. The van der Waals surface area contributed by atoms with Crippen molar-refractivity contribution in [3.05, 3.63) is 52.8 Å². The lowest BCUT2D eigenvalue weighted by molar-refractivity contribution is 0.401. The lowest BCUT2D eigenvalue weighted by Crippen LogP contribution is -2.18. The molecule has 0 fully saturated rings. The van der Waals surface area contributed by atoms with Crippen molar-refractivity contribution >= 4 is 22.5 Å². The third-order valence-corrected chi connectivity index (χ3v) is 3.74. The molecular formula is C15H16ClN3O. The maximum absolute atomic E-state index is 6.38. The van der Waals surface area contributed by atoms with Gasteiger partial charge in [-0.1, -0.05) is 29.8 Å². The summed E-state index contributed by atoms with van der Waals surface area (Å²) in [6.45, 7) is 4.54. The lowest BCUT2D eigenvalue weighted by Gasteiger charge is -2.09. The zero-order valence-corrected chi connectivity index (χ0v) is 12.2. The molecule has 0 amide bonds. The van der Waals surface area contributed by atoms with Crippen LogP contribution >= 0.6 is 11.6 Å². The molecule has 1 unspecified atom stereocenters. The van der Waals surface area contributed by atoms with E-state index in [1.54, 1.807) is 6.20 Å². The SMILES string of the molecule is Cc1cnc(C(C)NCc2[nH]c3ccccc3c2Cl)o1. The predicted octanol–water partition coefficient (Wildman–Crippen LogP) is 3.97. The number of aromatic amines is 1. The Bertz CT molecular complexity index is 732. The van der Waals surface area contributed by atoms with Gasteiger partial charge in [0.25, 0.3) is 0 Å². The topological polar surface area (TPSA) is 53.9 Å². The smallest absolute Gasteiger partial charge is 0.211 e. The van der Waals surface area contributed by atoms with E-state index in [2.05, 4.69) is 15.3 Å². The summed E-state index contributed by atoms with van der Waals surface area (Å²) < 4.78 is 5.51. The molecule has 2 N–H and O–H groups in total. The van der Waals surface area contributed by atoms with Crippen molar-refractivity contribution in [2.75, 3.05) is 0 Å². The van der Waals surface area contributed by atoms with Crippen molar-refractivity contribution in [1.29, 1.82) is 0 Å². The van der Waals surface area contributed by atoms with Gasteiger partial charge in [0.15, 0.2) is 0 Å². The van der Waals surface area contributed by atoms with Gasteiger partial charge in [-0.25, -0.2) is 4.98 Å². The zero-order chi connectivity index (χ0) is 14.1. The Morgan fingerprint density at radius 1 is 1.40 bits per heavy atom. The van der Waals surface area contributed by atoms with Crippen LogP contribution in [0.5, 0.6) is 0 Å². The minimum absolute atomic E-state index is 0.0335. The van der Waals surface area contributed by atoms with Gasteiger partial charge in [0.05, 0.1) is 17.3 Å². The summed E-state index contributed by atoms with van der Waals surface area (Å²) in [6, 6.07) is 8.04. The summed E-state index contributed by atoms with van der Waals surface area (Å²) in [5.74, 6) is 1.51. The molecule has 0 aliphatic rings. The van der Waals surface area contributed by atoms with Crippen LogP contribution in [-0.4, -0.2) is 9.97 Å². The van der Waals surface area contributed by atoms with Crippen molar-refractivity contribution in [1.82, 2.24) is 15.3 Å². The Morgan fingerprint density at radius 3 is 2.90 bits per heavy atom. The van der Waals surface area contributed by atoms with Gasteiger partial charge in [-0.2, -0.15) is 0 Å². The number of H-pyrrole nitrogens is 1. The van der Waals surface area contributed by atoms with Crippen LogP contribution in [0.25, 0.3) is 10.9 Å². The van der Waals surface area contributed by atoms with Crippen molar-refractivity contribution in [2.24, 2.45) is 0 Å². The van der Waals surface area contributed by atoms with Crippen LogP contribution in [0.2, 0.25) is 5.02 Å². The van der Waals surface area contributed by atoms with E-state index >= 15 is 0 Å². The Morgan fingerprint density at radius 2 is 2.20 bits per heavy atom. The van der Waals surface area contributed by atoms with E-state index in [4.69, 9.17) is 16.0 Å². The highest BCUT2D eigenvalue weighted by Gasteiger charge is 2.13. The Hall–Kier alpha value is -1.78. The molecule has 4 nitrogen and oxygen atoms in total. The van der Waals surface area contributed by atoms with E-state index in [1.807, 2.05) is 38.1 Å². The first-order valence-electron chi connectivity index (χ1n) is 6.56. The van der Waals surface area contributed by atoms with Crippen LogP contribution < -0.4 is 5.32 Å². The average Bonchev–Trinajstić information content (AvgIpc) is 3.01. The summed E-state index contributed by atoms with van der Waals surface area (Å²) in [6.07, 6.45) is 1.73. The van der Waals surface area contributed by atoms with E-state index in [0.717, 1.165) is 27.4 Å². The van der Waals surface area contributed by atoms with Gasteiger partial charge in [-0.15, -0.1) is 0 Å². The third-order valence-electron chi connectivity index (χ3n) is 3.31. The molecule has 1 aromatic carbocycles. The second-order valence-corrected chi connectivity index (χ2v) is 5.25. The van der Waals surface area contributed by atoms with E-state index in [9.17, 15) is 0 Å². The third kappa shape index (κ3) is 2.44. The van der Waals surface area contributed by atoms with Crippen molar-refractivity contribution in [2.45, 2.75) is 26.4 Å². The van der Waals surface area contributed by atoms with E-state index in [0.29, 0.717) is 12.4 Å². The molecule has 0 spiro atoms. The number of halogens is 1. The van der Waals surface area contributed by atoms with E-state index < -0.39 is 0 Å². The van der Waals surface area contributed by atoms with Crippen LogP contribution in [0.3, 0.4) is 0 Å². The lowest BCUT2D eigenvalue weighted by atomic mass is 10.2. The summed E-state index contributed by atoms with van der Waals surface area (Å²) >= 11 is 6.38. The van der Waals surface area contributed by atoms with Gasteiger partial charge in [0.1, 0.15) is 5.76 Å². The second kappa shape index (κ2) is 5.31. The molecule has 3 aromatic rings. The normalized spacial score (nSPS) is 12.9. The van der Waals surface area contributed by atoms with Crippen molar-refractivity contribution in [3.8, 4) is 0 Å². The number of nitrogens with one attached hydrogen (secondary N) is 2. The fraction of sp³-hybridized carbons (Fsp3) is 0.267. The number of oxazole rings is 1. The molecule has 5 heteroatoms. The maximum Gasteiger partial charge on any atom is 0.211 e. The van der Waals surface area contributed by atoms with Gasteiger partial charge in [0.2, 0.25) is 5.89 Å². The van der Waals surface area contributed by atoms with E-state index in [1.165, 1.54) is 0 Å². The van der Waals surface area contributed by atoms with Crippen LogP contribution in [-0.2, 0) is 6.54 Å². The number of hydrogen-bond donors (Lipinski definition) is 2. The van der Waals surface area contributed by atoms with Gasteiger partial charge in [-0.3, -0.25) is 0 Å². The highest BCUT2D eigenvalue weighted by atomic mass is 35.5. The van der Waals surface area contributed by atoms with Gasteiger partial charge in [0, 0.05) is 23.1 Å². The molecule has 0 aliphatic carbocycles. The molecule has 0 radical (unpaired) electrons. The number of hydrogen-bond acceptors (Lipinski definition) is 3. The fourth-order valence-electron chi connectivity index (χ4n) is 2.20.